The van der Waals surface area contributed by atoms with Gasteiger partial charge in [0.05, 0.1) is 12.1 Å². The Morgan fingerprint density at radius 2 is 2.20 bits per heavy atom. The average Bonchev–Trinajstić information content (AvgIpc) is 2.41. The summed E-state index contributed by atoms with van der Waals surface area (Å²) in [6.45, 7) is 0.683. The molecule has 1 fully saturated rings. The molecule has 1 aliphatic rings. The van der Waals surface area contributed by atoms with E-state index in [1.165, 1.54) is 0 Å². The van der Waals surface area contributed by atoms with E-state index in [1.807, 2.05) is 0 Å². The number of carbonyl (C=O) groups is 2. The Balaban J connectivity index is 1.95. The molecule has 4 N–H and O–H groups in total. The van der Waals surface area contributed by atoms with Crippen LogP contribution in [-0.4, -0.2) is 28.5 Å². The number of nitrogens with one attached hydrogen (secondary N) is 1. The molecule has 6 nitrogen and oxygen atoms in total. The number of hydrogen-bond acceptors (Lipinski definition) is 4. The molecule has 1 amide bonds. The molecule has 0 saturated heterocycles. The van der Waals surface area contributed by atoms with Crippen molar-refractivity contribution in [3.63, 3.8) is 0 Å². The summed E-state index contributed by atoms with van der Waals surface area (Å²) in [7, 11) is 0. The summed E-state index contributed by atoms with van der Waals surface area (Å²) in [6.07, 6.45) is 4.38. The summed E-state index contributed by atoms with van der Waals surface area (Å²) in [5.41, 5.74) is 6.37. The lowest BCUT2D eigenvalue weighted by Gasteiger charge is -2.40. The van der Waals surface area contributed by atoms with E-state index >= 15 is 0 Å². The third-order valence-corrected chi connectivity index (χ3v) is 3.85. The molecule has 0 aliphatic heterocycles. The molecule has 1 aromatic rings. The monoisotopic (exact) mass is 277 g/mol. The second kappa shape index (κ2) is 6.00. The predicted molar refractivity (Wildman–Crippen MR) is 73.0 cm³/mol. The van der Waals surface area contributed by atoms with Gasteiger partial charge in [-0.05, 0) is 30.4 Å². The number of nitrogens with zero attached hydrogens (tertiary/aromatic N) is 1. The van der Waals surface area contributed by atoms with E-state index in [0.717, 1.165) is 19.3 Å². The van der Waals surface area contributed by atoms with Gasteiger partial charge in [-0.15, -0.1) is 0 Å². The summed E-state index contributed by atoms with van der Waals surface area (Å²) < 4.78 is 0. The molecule has 2 rings (SSSR count). The molecular weight excluding hydrogens is 258 g/mol. The summed E-state index contributed by atoms with van der Waals surface area (Å²) in [5.74, 6) is -1.02. The largest absolute Gasteiger partial charge is 0.481 e. The van der Waals surface area contributed by atoms with Crippen LogP contribution in [0.1, 0.15) is 41.7 Å². The molecule has 1 heterocycles. The Morgan fingerprint density at radius 1 is 1.45 bits per heavy atom. The zero-order valence-corrected chi connectivity index (χ0v) is 11.3. The van der Waals surface area contributed by atoms with Gasteiger partial charge in [-0.25, -0.2) is 0 Å². The van der Waals surface area contributed by atoms with Crippen molar-refractivity contribution < 1.29 is 14.7 Å². The molecule has 0 bridgehead atoms. The van der Waals surface area contributed by atoms with E-state index in [-0.39, 0.29) is 24.3 Å². The molecule has 1 aliphatic carbocycles. The number of hydrogen-bond donors (Lipinski definition) is 3. The molecule has 20 heavy (non-hydrogen) atoms. The van der Waals surface area contributed by atoms with Gasteiger partial charge in [0.2, 0.25) is 0 Å². The third kappa shape index (κ3) is 3.33. The van der Waals surface area contributed by atoms with Crippen LogP contribution >= 0.6 is 0 Å². The number of amides is 1. The van der Waals surface area contributed by atoms with Crippen molar-refractivity contribution in [1.82, 2.24) is 10.3 Å². The standard InChI is InChI=1S/C14H19N3O3/c15-8-11-6-10(2-5-16-11)13(20)17-9-14(3-1-4-14)7-12(18)19/h2,5-6H,1,3-4,7-9,15H2,(H,17,20)(H,18,19). The highest BCUT2D eigenvalue weighted by atomic mass is 16.4. The first-order valence-corrected chi connectivity index (χ1v) is 6.70. The topological polar surface area (TPSA) is 105 Å². The minimum Gasteiger partial charge on any atom is -0.481 e. The molecule has 1 aromatic heterocycles. The van der Waals surface area contributed by atoms with Crippen LogP contribution < -0.4 is 11.1 Å². The van der Waals surface area contributed by atoms with Gasteiger partial charge in [0.1, 0.15) is 0 Å². The predicted octanol–water partition coefficient (Wildman–Crippen LogP) is 0.915. The number of nitrogens with two attached hydrogens (primary N) is 1. The SMILES string of the molecule is NCc1cc(C(=O)NCC2(CC(=O)O)CCC2)ccn1. The van der Waals surface area contributed by atoms with E-state index in [2.05, 4.69) is 10.3 Å². The molecule has 0 unspecified atom stereocenters. The summed E-state index contributed by atoms with van der Waals surface area (Å²) in [5, 5.41) is 11.8. The van der Waals surface area contributed by atoms with Crippen molar-refractivity contribution >= 4 is 11.9 Å². The second-order valence-corrected chi connectivity index (χ2v) is 5.35. The third-order valence-electron chi connectivity index (χ3n) is 3.85. The molecule has 6 heteroatoms. The quantitative estimate of drug-likeness (QED) is 0.717. The fraction of sp³-hybridized carbons (Fsp3) is 0.500. The highest BCUT2D eigenvalue weighted by molar-refractivity contribution is 5.94. The van der Waals surface area contributed by atoms with Gasteiger partial charge < -0.3 is 16.2 Å². The Kier molecular flexibility index (Phi) is 4.34. The fourth-order valence-electron chi connectivity index (χ4n) is 2.51. The molecule has 0 aromatic carbocycles. The fourth-order valence-corrected chi connectivity index (χ4v) is 2.51. The van der Waals surface area contributed by atoms with Crippen molar-refractivity contribution in [2.45, 2.75) is 32.2 Å². The lowest BCUT2D eigenvalue weighted by molar-refractivity contribution is -0.141. The molecular formula is C14H19N3O3. The van der Waals surface area contributed by atoms with Gasteiger partial charge in [-0.3, -0.25) is 14.6 Å². The first-order valence-electron chi connectivity index (χ1n) is 6.70. The highest BCUT2D eigenvalue weighted by Gasteiger charge is 2.39. The lowest BCUT2D eigenvalue weighted by atomic mass is 9.66. The van der Waals surface area contributed by atoms with Crippen LogP contribution in [0.25, 0.3) is 0 Å². The van der Waals surface area contributed by atoms with Crippen molar-refractivity contribution in [2.24, 2.45) is 11.1 Å². The van der Waals surface area contributed by atoms with Gasteiger partial charge >= 0.3 is 5.97 Å². The Hall–Kier alpha value is -1.95. The van der Waals surface area contributed by atoms with Crippen LogP contribution in [0.2, 0.25) is 0 Å². The van der Waals surface area contributed by atoms with Crippen LogP contribution in [0.5, 0.6) is 0 Å². The lowest BCUT2D eigenvalue weighted by Crippen LogP contribution is -2.43. The number of carbonyl (C=O) groups excluding carboxylic acids is 1. The number of pyridine rings is 1. The average molecular weight is 277 g/mol. The van der Waals surface area contributed by atoms with Gasteiger partial charge in [0, 0.05) is 24.8 Å². The summed E-state index contributed by atoms with van der Waals surface area (Å²) in [4.78, 5) is 27.0. The minimum absolute atomic E-state index is 0.109. The zero-order chi connectivity index (χ0) is 14.6. The van der Waals surface area contributed by atoms with Crippen molar-refractivity contribution in [3.05, 3.63) is 29.6 Å². The van der Waals surface area contributed by atoms with Crippen molar-refractivity contribution in [1.29, 1.82) is 0 Å². The van der Waals surface area contributed by atoms with E-state index in [0.29, 0.717) is 17.8 Å². The number of aliphatic carboxylic acids is 1. The van der Waals surface area contributed by atoms with E-state index < -0.39 is 5.97 Å². The maximum atomic E-state index is 12.1. The maximum Gasteiger partial charge on any atom is 0.303 e. The number of aromatic nitrogens is 1. The first-order chi connectivity index (χ1) is 9.54. The molecule has 1 saturated carbocycles. The van der Waals surface area contributed by atoms with Crippen molar-refractivity contribution in [3.8, 4) is 0 Å². The van der Waals surface area contributed by atoms with Gasteiger partial charge in [0.25, 0.3) is 5.91 Å². The van der Waals surface area contributed by atoms with E-state index in [4.69, 9.17) is 10.8 Å². The molecule has 0 spiro atoms. The van der Waals surface area contributed by atoms with Crippen LogP contribution in [-0.2, 0) is 11.3 Å². The van der Waals surface area contributed by atoms with Gasteiger partial charge in [-0.1, -0.05) is 6.42 Å². The number of carboxylic acids is 1. The van der Waals surface area contributed by atoms with Crippen LogP contribution in [0.15, 0.2) is 18.3 Å². The Labute approximate surface area is 117 Å². The Bertz CT molecular complexity index is 512. The van der Waals surface area contributed by atoms with Crippen LogP contribution in [0, 0.1) is 5.41 Å². The first kappa shape index (κ1) is 14.5. The zero-order valence-electron chi connectivity index (χ0n) is 11.3. The smallest absolute Gasteiger partial charge is 0.303 e. The summed E-state index contributed by atoms with van der Waals surface area (Å²) >= 11 is 0. The van der Waals surface area contributed by atoms with E-state index in [1.54, 1.807) is 18.3 Å². The molecule has 108 valence electrons. The number of carboxylic acid groups (broad SMARTS) is 1. The van der Waals surface area contributed by atoms with E-state index in [9.17, 15) is 9.59 Å². The van der Waals surface area contributed by atoms with Crippen LogP contribution in [0.3, 0.4) is 0 Å². The van der Waals surface area contributed by atoms with Crippen molar-refractivity contribution in [2.75, 3.05) is 6.54 Å². The summed E-state index contributed by atoms with van der Waals surface area (Å²) in [6, 6.07) is 3.28. The molecule has 0 radical (unpaired) electrons. The second-order valence-electron chi connectivity index (χ2n) is 5.35. The van der Waals surface area contributed by atoms with Gasteiger partial charge in [-0.2, -0.15) is 0 Å². The number of rotatable bonds is 6. The highest BCUT2D eigenvalue weighted by Crippen LogP contribution is 2.43. The normalized spacial score (nSPS) is 16.2. The van der Waals surface area contributed by atoms with Gasteiger partial charge in [0.15, 0.2) is 0 Å². The minimum atomic E-state index is -0.812. The molecule has 0 atom stereocenters. The maximum absolute atomic E-state index is 12.1. The van der Waals surface area contributed by atoms with Crippen LogP contribution in [0.4, 0.5) is 0 Å². The Morgan fingerprint density at radius 3 is 2.75 bits per heavy atom.